The van der Waals surface area contributed by atoms with Gasteiger partial charge in [-0.1, -0.05) is 26.7 Å². The molecule has 0 aliphatic heterocycles. The maximum absolute atomic E-state index is 3.83. The highest BCUT2D eigenvalue weighted by atomic mass is 15.0. The third-order valence-corrected chi connectivity index (χ3v) is 4.93. The van der Waals surface area contributed by atoms with E-state index < -0.39 is 0 Å². The van der Waals surface area contributed by atoms with Crippen LogP contribution in [0.3, 0.4) is 0 Å². The van der Waals surface area contributed by atoms with Gasteiger partial charge >= 0.3 is 0 Å². The predicted octanol–water partition coefficient (Wildman–Crippen LogP) is 2.81. The molecule has 3 aliphatic rings. The second-order valence-electron chi connectivity index (χ2n) is 6.49. The summed E-state index contributed by atoms with van der Waals surface area (Å²) in [5.74, 6) is 3.17. The van der Waals surface area contributed by atoms with E-state index in [1.807, 2.05) is 0 Å². The second kappa shape index (κ2) is 2.98. The summed E-state index contributed by atoms with van der Waals surface area (Å²) in [5, 5.41) is 3.83. The van der Waals surface area contributed by atoms with E-state index in [9.17, 15) is 0 Å². The van der Waals surface area contributed by atoms with Gasteiger partial charge in [-0.05, 0) is 49.0 Å². The van der Waals surface area contributed by atoms with Gasteiger partial charge in [-0.25, -0.2) is 0 Å². The van der Waals surface area contributed by atoms with Crippen LogP contribution in [-0.2, 0) is 0 Å². The zero-order valence-electron chi connectivity index (χ0n) is 9.55. The van der Waals surface area contributed by atoms with Gasteiger partial charge in [0.25, 0.3) is 0 Å². The standard InChI is InChI=1S/C13H23N/c1-13(2)7-10(13)8-14-12-5-3-4-9-6-11(9)12/h9-12,14H,3-8H2,1-2H3/t9-,10?,11+,12?/m0/s1. The van der Waals surface area contributed by atoms with E-state index in [2.05, 4.69) is 19.2 Å². The molecule has 1 heteroatoms. The number of rotatable bonds is 3. The van der Waals surface area contributed by atoms with Crippen LogP contribution in [-0.4, -0.2) is 12.6 Å². The SMILES string of the molecule is CC1(C)CC1CNC1CCC[C@H]2C[C@@H]12. The molecule has 2 unspecified atom stereocenters. The van der Waals surface area contributed by atoms with Crippen molar-refractivity contribution in [2.45, 2.75) is 52.0 Å². The van der Waals surface area contributed by atoms with Crippen LogP contribution in [0, 0.1) is 23.2 Å². The van der Waals surface area contributed by atoms with Crippen molar-refractivity contribution in [1.29, 1.82) is 0 Å². The van der Waals surface area contributed by atoms with Crippen molar-refractivity contribution in [2.75, 3.05) is 6.54 Å². The minimum absolute atomic E-state index is 0.657. The van der Waals surface area contributed by atoms with Crippen LogP contribution in [0.25, 0.3) is 0 Å². The highest BCUT2D eigenvalue weighted by molar-refractivity contribution is 5.01. The van der Waals surface area contributed by atoms with Gasteiger partial charge < -0.3 is 5.32 Å². The molecular weight excluding hydrogens is 170 g/mol. The van der Waals surface area contributed by atoms with Gasteiger partial charge in [0.15, 0.2) is 0 Å². The van der Waals surface area contributed by atoms with Crippen molar-refractivity contribution in [3.05, 3.63) is 0 Å². The molecule has 0 amide bonds. The Balaban J connectivity index is 1.45. The maximum Gasteiger partial charge on any atom is 0.00981 e. The molecule has 80 valence electrons. The molecule has 0 aromatic rings. The summed E-state index contributed by atoms with van der Waals surface area (Å²) in [7, 11) is 0. The van der Waals surface area contributed by atoms with Gasteiger partial charge in [0.2, 0.25) is 0 Å². The van der Waals surface area contributed by atoms with Gasteiger partial charge in [0.05, 0.1) is 0 Å². The first-order valence-corrected chi connectivity index (χ1v) is 6.40. The molecule has 0 radical (unpaired) electrons. The first-order valence-electron chi connectivity index (χ1n) is 6.40. The fraction of sp³-hybridized carbons (Fsp3) is 1.00. The highest BCUT2D eigenvalue weighted by Gasteiger charge is 2.48. The Morgan fingerprint density at radius 1 is 1.29 bits per heavy atom. The molecule has 3 saturated carbocycles. The Morgan fingerprint density at radius 2 is 2.07 bits per heavy atom. The second-order valence-corrected chi connectivity index (χ2v) is 6.49. The predicted molar refractivity (Wildman–Crippen MR) is 59.1 cm³/mol. The molecule has 1 nitrogen and oxygen atoms in total. The molecule has 3 fully saturated rings. The van der Waals surface area contributed by atoms with Gasteiger partial charge in [-0.15, -0.1) is 0 Å². The van der Waals surface area contributed by atoms with E-state index in [0.717, 1.165) is 23.8 Å². The summed E-state index contributed by atoms with van der Waals surface area (Å²) >= 11 is 0. The lowest BCUT2D eigenvalue weighted by molar-refractivity contribution is 0.342. The maximum atomic E-state index is 3.83. The van der Waals surface area contributed by atoms with Crippen LogP contribution in [0.5, 0.6) is 0 Å². The molecule has 4 atom stereocenters. The van der Waals surface area contributed by atoms with Crippen molar-refractivity contribution < 1.29 is 0 Å². The van der Waals surface area contributed by atoms with Gasteiger partial charge in [-0.2, -0.15) is 0 Å². The van der Waals surface area contributed by atoms with Crippen LogP contribution < -0.4 is 5.32 Å². The third-order valence-electron chi connectivity index (χ3n) is 4.93. The number of hydrogen-bond acceptors (Lipinski definition) is 1. The largest absolute Gasteiger partial charge is 0.313 e. The van der Waals surface area contributed by atoms with Crippen LogP contribution in [0.1, 0.15) is 46.0 Å². The molecular formula is C13H23N. The summed E-state index contributed by atoms with van der Waals surface area (Å²) in [4.78, 5) is 0. The smallest absolute Gasteiger partial charge is 0.00981 e. The average molecular weight is 193 g/mol. The van der Waals surface area contributed by atoms with E-state index >= 15 is 0 Å². The Bertz CT molecular complexity index is 233. The van der Waals surface area contributed by atoms with Gasteiger partial charge in [0, 0.05) is 6.04 Å². The van der Waals surface area contributed by atoms with Gasteiger partial charge in [0.1, 0.15) is 0 Å². The molecule has 3 aliphatic carbocycles. The third kappa shape index (κ3) is 1.60. The summed E-state index contributed by atoms with van der Waals surface area (Å²) < 4.78 is 0. The lowest BCUT2D eigenvalue weighted by Crippen LogP contribution is -2.35. The Kier molecular flexibility index (Phi) is 1.96. The van der Waals surface area contributed by atoms with E-state index in [0.29, 0.717) is 5.41 Å². The topological polar surface area (TPSA) is 12.0 Å². The average Bonchev–Trinajstić information content (AvgIpc) is 2.98. The number of fused-ring (bicyclic) bond motifs is 1. The van der Waals surface area contributed by atoms with Crippen molar-refractivity contribution >= 4 is 0 Å². The summed E-state index contributed by atoms with van der Waals surface area (Å²) in [6, 6.07) is 0.894. The Hall–Kier alpha value is -0.0400. The minimum atomic E-state index is 0.657. The molecule has 0 spiro atoms. The number of nitrogens with one attached hydrogen (secondary N) is 1. The molecule has 1 N–H and O–H groups in total. The van der Waals surface area contributed by atoms with Crippen molar-refractivity contribution in [1.82, 2.24) is 5.32 Å². The summed E-state index contributed by atoms with van der Waals surface area (Å²) in [6.45, 7) is 6.10. The normalized spacial score (nSPS) is 48.4. The number of hydrogen-bond donors (Lipinski definition) is 1. The molecule has 3 rings (SSSR count). The molecule has 0 aromatic carbocycles. The fourth-order valence-corrected chi connectivity index (χ4v) is 3.38. The van der Waals surface area contributed by atoms with E-state index in [1.165, 1.54) is 38.6 Å². The zero-order chi connectivity index (χ0) is 9.76. The lowest BCUT2D eigenvalue weighted by Gasteiger charge is -2.23. The monoisotopic (exact) mass is 193 g/mol. The molecule has 0 heterocycles. The van der Waals surface area contributed by atoms with Crippen molar-refractivity contribution in [3.63, 3.8) is 0 Å². The van der Waals surface area contributed by atoms with E-state index in [4.69, 9.17) is 0 Å². The molecule has 0 saturated heterocycles. The van der Waals surface area contributed by atoms with E-state index in [-0.39, 0.29) is 0 Å². The fourth-order valence-electron chi connectivity index (χ4n) is 3.38. The first kappa shape index (κ1) is 9.21. The summed E-state index contributed by atoms with van der Waals surface area (Å²) in [6.07, 6.45) is 7.44. The van der Waals surface area contributed by atoms with Crippen LogP contribution in [0.15, 0.2) is 0 Å². The van der Waals surface area contributed by atoms with Gasteiger partial charge in [-0.3, -0.25) is 0 Å². The van der Waals surface area contributed by atoms with Crippen LogP contribution in [0.4, 0.5) is 0 Å². The Morgan fingerprint density at radius 3 is 2.79 bits per heavy atom. The molecule has 0 bridgehead atoms. The van der Waals surface area contributed by atoms with Crippen molar-refractivity contribution in [3.8, 4) is 0 Å². The van der Waals surface area contributed by atoms with Crippen LogP contribution in [0.2, 0.25) is 0 Å². The molecule has 0 aromatic heterocycles. The first-order chi connectivity index (χ1) is 6.67. The minimum Gasteiger partial charge on any atom is -0.313 e. The lowest BCUT2D eigenvalue weighted by atomic mass is 9.95. The van der Waals surface area contributed by atoms with Crippen LogP contribution >= 0.6 is 0 Å². The zero-order valence-corrected chi connectivity index (χ0v) is 9.55. The highest BCUT2D eigenvalue weighted by Crippen LogP contribution is 2.52. The molecule has 14 heavy (non-hydrogen) atoms. The quantitative estimate of drug-likeness (QED) is 0.727. The Labute approximate surface area is 87.7 Å². The summed E-state index contributed by atoms with van der Waals surface area (Å²) in [5.41, 5.74) is 0.657. The van der Waals surface area contributed by atoms with Crippen molar-refractivity contribution in [2.24, 2.45) is 23.2 Å². The van der Waals surface area contributed by atoms with E-state index in [1.54, 1.807) is 0 Å².